The molecular formula is C11H19MgNO9. The Kier molecular flexibility index (Phi) is 13.6. The molecular weight excluding hydrogens is 314 g/mol. The van der Waals surface area contributed by atoms with Crippen molar-refractivity contribution in [2.75, 3.05) is 27.7 Å². The summed E-state index contributed by atoms with van der Waals surface area (Å²) >= 11 is 0. The standard InChI is InChI=1S/C7H15NO3.C4H6O6.Mg/c1-8(2,3)5-6(9)4-7(10)11;5-1(3(7)8)2(6)4(9)10;/h6,9H,4-5H2,1-3H3;1-2,5-6H,(H,7,8)(H,9,10);/q;;+2/p-2/t6-;;/m0../s1. The van der Waals surface area contributed by atoms with Crippen molar-refractivity contribution in [1.29, 1.82) is 0 Å². The fourth-order valence-electron chi connectivity index (χ4n) is 1.15. The van der Waals surface area contributed by atoms with Crippen LogP contribution >= 0.6 is 0 Å². The van der Waals surface area contributed by atoms with Crippen molar-refractivity contribution >= 4 is 41.0 Å². The first-order chi connectivity index (χ1) is 9.27. The van der Waals surface area contributed by atoms with E-state index in [0.29, 0.717) is 11.0 Å². The van der Waals surface area contributed by atoms with Crippen LogP contribution in [0.1, 0.15) is 6.42 Å². The van der Waals surface area contributed by atoms with Gasteiger partial charge < -0.3 is 49.5 Å². The van der Waals surface area contributed by atoms with E-state index in [4.69, 9.17) is 15.3 Å². The second kappa shape index (κ2) is 11.6. The second-order valence-corrected chi connectivity index (χ2v) is 5.23. The number of aliphatic hydroxyl groups excluding tert-OH is 3. The summed E-state index contributed by atoms with van der Waals surface area (Å²) in [5.74, 6) is -5.32. The van der Waals surface area contributed by atoms with Crippen LogP contribution in [0, 0.1) is 0 Å². The smallest absolute Gasteiger partial charge is 0.550 e. The van der Waals surface area contributed by atoms with Gasteiger partial charge in [0.25, 0.3) is 0 Å². The fraction of sp³-hybridized carbons (Fsp3) is 0.727. The maximum Gasteiger partial charge on any atom is 2.00 e. The van der Waals surface area contributed by atoms with Gasteiger partial charge in [-0.2, -0.15) is 0 Å². The zero-order valence-corrected chi connectivity index (χ0v) is 14.0. The number of carbonyl (C=O) groups excluding carboxylic acids is 3. The van der Waals surface area contributed by atoms with Crippen LogP contribution < -0.4 is 15.3 Å². The molecule has 0 fully saturated rings. The average Bonchev–Trinajstić information content (AvgIpc) is 2.23. The first kappa shape index (κ1) is 25.9. The summed E-state index contributed by atoms with van der Waals surface area (Å²) in [6.45, 7) is 0.425. The van der Waals surface area contributed by atoms with Crippen molar-refractivity contribution in [1.82, 2.24) is 0 Å². The number of hydrogen-bond donors (Lipinski definition) is 3. The summed E-state index contributed by atoms with van der Waals surface area (Å²) < 4.78 is 0.550. The Balaban J connectivity index is -0.000000315. The maximum atomic E-state index is 10.0. The molecule has 3 atom stereocenters. The molecule has 0 rings (SSSR count). The molecule has 0 aromatic rings. The number of quaternary nitrogens is 1. The van der Waals surface area contributed by atoms with E-state index in [1.54, 1.807) is 0 Å². The molecule has 11 heteroatoms. The van der Waals surface area contributed by atoms with Crippen molar-refractivity contribution < 1.29 is 49.5 Å². The van der Waals surface area contributed by atoms with E-state index < -0.39 is 36.2 Å². The molecule has 0 aliphatic heterocycles. The van der Waals surface area contributed by atoms with Gasteiger partial charge in [-0.05, 0) is 0 Å². The summed E-state index contributed by atoms with van der Waals surface area (Å²) in [4.78, 5) is 29.3. The number of nitrogens with zero attached hydrogens (tertiary/aromatic N) is 1. The molecule has 0 aromatic carbocycles. The molecule has 0 saturated heterocycles. The van der Waals surface area contributed by atoms with E-state index in [-0.39, 0.29) is 29.5 Å². The van der Waals surface area contributed by atoms with Gasteiger partial charge >= 0.3 is 23.1 Å². The molecule has 0 aromatic heterocycles. The van der Waals surface area contributed by atoms with E-state index in [0.717, 1.165) is 0 Å². The summed E-state index contributed by atoms with van der Waals surface area (Å²) in [5.41, 5.74) is 0. The summed E-state index contributed by atoms with van der Waals surface area (Å²) in [7, 11) is 5.66. The molecule has 0 saturated carbocycles. The van der Waals surface area contributed by atoms with E-state index in [1.807, 2.05) is 21.1 Å². The first-order valence-electron chi connectivity index (χ1n) is 5.74. The van der Waals surface area contributed by atoms with E-state index >= 15 is 0 Å². The zero-order valence-electron chi connectivity index (χ0n) is 12.6. The van der Waals surface area contributed by atoms with Crippen molar-refractivity contribution in [3.8, 4) is 0 Å². The second-order valence-electron chi connectivity index (χ2n) is 5.23. The molecule has 2 unspecified atom stereocenters. The van der Waals surface area contributed by atoms with Gasteiger partial charge in [-0.15, -0.1) is 0 Å². The zero-order chi connectivity index (χ0) is 17.4. The van der Waals surface area contributed by atoms with Crippen molar-refractivity contribution in [3.63, 3.8) is 0 Å². The SMILES string of the molecule is C[N+](C)(C)C[C@@H](O)CC(=O)[O-].O=C([O-])C(O)C(O)C(=O)[O-].[Mg+2]. The third-order valence-corrected chi connectivity index (χ3v) is 1.94. The van der Waals surface area contributed by atoms with Crippen LogP contribution in [0.5, 0.6) is 0 Å². The van der Waals surface area contributed by atoms with Gasteiger partial charge in [0.05, 0.1) is 33.1 Å². The Morgan fingerprint density at radius 2 is 1.23 bits per heavy atom. The predicted octanol–water partition coefficient (Wildman–Crippen LogP) is -6.98. The van der Waals surface area contributed by atoms with Crippen LogP contribution in [0.25, 0.3) is 0 Å². The Morgan fingerprint density at radius 1 is 0.909 bits per heavy atom. The normalized spacial score (nSPS) is 14.5. The summed E-state index contributed by atoms with van der Waals surface area (Å²) in [6, 6.07) is 0. The summed E-state index contributed by atoms with van der Waals surface area (Å²) in [6.07, 6.45) is -5.97. The Bertz CT molecular complexity index is 351. The molecule has 22 heavy (non-hydrogen) atoms. The van der Waals surface area contributed by atoms with Gasteiger partial charge in [0.2, 0.25) is 0 Å². The maximum absolute atomic E-state index is 10.0. The molecule has 0 spiro atoms. The minimum Gasteiger partial charge on any atom is -0.550 e. The van der Waals surface area contributed by atoms with Gasteiger partial charge in [0.15, 0.2) is 0 Å². The van der Waals surface area contributed by atoms with Crippen LogP contribution in [0.3, 0.4) is 0 Å². The van der Waals surface area contributed by atoms with E-state index in [2.05, 4.69) is 0 Å². The number of aliphatic hydroxyl groups is 3. The number of carboxylic acid groups (broad SMARTS) is 3. The Labute approximate surface area is 143 Å². The van der Waals surface area contributed by atoms with E-state index in [1.165, 1.54) is 0 Å². The van der Waals surface area contributed by atoms with Crippen LogP contribution in [-0.2, 0) is 14.4 Å². The molecule has 0 aliphatic rings. The summed E-state index contributed by atoms with van der Waals surface area (Å²) in [5, 5.41) is 54.9. The van der Waals surface area contributed by atoms with Crippen LogP contribution in [0.4, 0.5) is 0 Å². The van der Waals surface area contributed by atoms with Gasteiger partial charge in [0, 0.05) is 12.4 Å². The number of aliphatic carboxylic acids is 3. The topological polar surface area (TPSA) is 181 Å². The molecule has 0 amide bonds. The third-order valence-electron chi connectivity index (χ3n) is 1.94. The molecule has 0 aliphatic carbocycles. The average molecular weight is 334 g/mol. The van der Waals surface area contributed by atoms with Gasteiger partial charge in [-0.1, -0.05) is 0 Å². The van der Waals surface area contributed by atoms with Gasteiger partial charge in [-0.3, -0.25) is 0 Å². The molecule has 124 valence electrons. The van der Waals surface area contributed by atoms with Crippen LogP contribution in [0.2, 0.25) is 0 Å². The minimum atomic E-state index is -2.44. The fourth-order valence-corrected chi connectivity index (χ4v) is 1.15. The van der Waals surface area contributed by atoms with E-state index in [9.17, 15) is 29.7 Å². The molecule has 0 heterocycles. The van der Waals surface area contributed by atoms with Crippen molar-refractivity contribution in [2.45, 2.75) is 24.7 Å². The molecule has 3 N–H and O–H groups in total. The van der Waals surface area contributed by atoms with Gasteiger partial charge in [-0.25, -0.2) is 0 Å². The largest absolute Gasteiger partial charge is 2.00 e. The first-order valence-corrected chi connectivity index (χ1v) is 5.74. The van der Waals surface area contributed by atoms with Crippen LogP contribution in [0.15, 0.2) is 0 Å². The molecule has 10 nitrogen and oxygen atoms in total. The third kappa shape index (κ3) is 15.4. The Hall–Kier alpha value is -0.984. The minimum absolute atomic E-state index is 0. The number of hydrogen-bond acceptors (Lipinski definition) is 9. The quantitative estimate of drug-likeness (QED) is 0.301. The monoisotopic (exact) mass is 333 g/mol. The number of carbonyl (C=O) groups is 3. The number of rotatable bonds is 7. The van der Waals surface area contributed by atoms with Gasteiger partial charge in [0.1, 0.15) is 24.9 Å². The Morgan fingerprint density at radius 3 is 1.41 bits per heavy atom. The van der Waals surface area contributed by atoms with Crippen LogP contribution in [-0.4, -0.2) is 107 Å². The molecule has 0 radical (unpaired) electrons. The predicted molar refractivity (Wildman–Crippen MR) is 66.3 cm³/mol. The number of likely N-dealkylation sites (N-methyl/N-ethyl adjacent to an activating group) is 1. The number of carboxylic acids is 3. The van der Waals surface area contributed by atoms with Crippen molar-refractivity contribution in [2.24, 2.45) is 0 Å². The molecule has 0 bridgehead atoms. The van der Waals surface area contributed by atoms with Crippen molar-refractivity contribution in [3.05, 3.63) is 0 Å².